The fourth-order valence-corrected chi connectivity index (χ4v) is 3.60. The molecule has 0 spiro atoms. The van der Waals surface area contributed by atoms with Crippen molar-refractivity contribution >= 4 is 5.91 Å². The number of ether oxygens (including phenoxy) is 1. The molecule has 0 saturated carbocycles. The van der Waals surface area contributed by atoms with Gasteiger partial charge in [0.15, 0.2) is 5.69 Å². The van der Waals surface area contributed by atoms with E-state index in [0.29, 0.717) is 32.0 Å². The first-order valence-corrected chi connectivity index (χ1v) is 8.74. The first-order chi connectivity index (χ1) is 12.1. The van der Waals surface area contributed by atoms with Crippen LogP contribution in [0.1, 0.15) is 27.6 Å². The molecule has 2 aliphatic heterocycles. The fourth-order valence-electron chi connectivity index (χ4n) is 3.60. The molecule has 4 heterocycles. The van der Waals surface area contributed by atoms with Crippen LogP contribution < -0.4 is 0 Å². The van der Waals surface area contributed by atoms with Gasteiger partial charge in [0.25, 0.3) is 5.91 Å². The summed E-state index contributed by atoms with van der Waals surface area (Å²) in [5, 5.41) is 4.55. The molecule has 0 radical (unpaired) electrons. The van der Waals surface area contributed by atoms with Crippen LogP contribution in [0, 0.1) is 0 Å². The molecule has 0 bridgehead atoms. The zero-order valence-electron chi connectivity index (χ0n) is 14.8. The van der Waals surface area contributed by atoms with Crippen LogP contribution >= 0.6 is 0 Å². The van der Waals surface area contributed by atoms with E-state index in [1.54, 1.807) is 0 Å². The van der Waals surface area contributed by atoms with E-state index in [0.717, 1.165) is 43.1 Å². The molecule has 2 aromatic rings. The van der Waals surface area contributed by atoms with Crippen LogP contribution in [0.15, 0.2) is 12.4 Å². The number of hydrogen-bond donors (Lipinski definition) is 0. The Kier molecular flexibility index (Phi) is 4.30. The Balaban J connectivity index is 1.52. The molecule has 1 saturated heterocycles. The lowest BCUT2D eigenvalue weighted by Gasteiger charge is -2.28. The van der Waals surface area contributed by atoms with Crippen molar-refractivity contribution in [3.8, 4) is 0 Å². The van der Waals surface area contributed by atoms with Gasteiger partial charge in [-0.1, -0.05) is 0 Å². The lowest BCUT2D eigenvalue weighted by Crippen LogP contribution is -2.41. The van der Waals surface area contributed by atoms with Gasteiger partial charge in [-0.05, 0) is 6.42 Å². The number of aromatic nitrogens is 4. The van der Waals surface area contributed by atoms with Gasteiger partial charge < -0.3 is 14.2 Å². The van der Waals surface area contributed by atoms with Crippen LogP contribution in [-0.2, 0) is 38.3 Å². The van der Waals surface area contributed by atoms with Crippen LogP contribution in [0.3, 0.4) is 0 Å². The van der Waals surface area contributed by atoms with E-state index in [1.807, 2.05) is 40.6 Å². The summed E-state index contributed by atoms with van der Waals surface area (Å²) < 4.78 is 9.26. The Morgan fingerprint density at radius 1 is 1.24 bits per heavy atom. The molecule has 0 aromatic carbocycles. The third-order valence-electron chi connectivity index (χ3n) is 5.11. The van der Waals surface area contributed by atoms with Crippen molar-refractivity contribution in [2.24, 2.45) is 14.1 Å². The molecule has 1 amide bonds. The topological polar surface area (TPSA) is 68.4 Å². The van der Waals surface area contributed by atoms with E-state index in [1.165, 1.54) is 0 Å². The van der Waals surface area contributed by atoms with E-state index < -0.39 is 0 Å². The number of carbonyl (C=O) groups is 1. The van der Waals surface area contributed by atoms with E-state index in [2.05, 4.69) is 15.0 Å². The quantitative estimate of drug-likeness (QED) is 0.795. The summed E-state index contributed by atoms with van der Waals surface area (Å²) in [5.41, 5.74) is 2.86. The van der Waals surface area contributed by atoms with Gasteiger partial charge in [-0.15, -0.1) is 0 Å². The van der Waals surface area contributed by atoms with Gasteiger partial charge in [-0.3, -0.25) is 14.4 Å². The molecule has 2 aromatic heterocycles. The minimum absolute atomic E-state index is 0.0395. The smallest absolute Gasteiger partial charge is 0.274 e. The molecule has 0 aliphatic carbocycles. The number of imidazole rings is 1. The van der Waals surface area contributed by atoms with E-state index >= 15 is 0 Å². The fraction of sp³-hybridized carbons (Fsp3) is 0.588. The number of hydrogen-bond acceptors (Lipinski definition) is 5. The Morgan fingerprint density at radius 3 is 2.76 bits per heavy atom. The van der Waals surface area contributed by atoms with Gasteiger partial charge in [0, 0.05) is 58.2 Å². The second kappa shape index (κ2) is 6.61. The summed E-state index contributed by atoms with van der Waals surface area (Å²) in [5.74, 6) is 1.09. The van der Waals surface area contributed by atoms with Gasteiger partial charge in [0.1, 0.15) is 5.82 Å². The molecule has 25 heavy (non-hydrogen) atoms. The predicted molar refractivity (Wildman–Crippen MR) is 91.0 cm³/mol. The third-order valence-corrected chi connectivity index (χ3v) is 5.11. The van der Waals surface area contributed by atoms with Gasteiger partial charge in [-0.25, -0.2) is 4.98 Å². The second-order valence-corrected chi connectivity index (χ2v) is 6.72. The zero-order valence-corrected chi connectivity index (χ0v) is 14.8. The molecule has 0 atom stereocenters. The molecular formula is C17H24N6O2. The van der Waals surface area contributed by atoms with E-state index in [-0.39, 0.29) is 5.91 Å². The highest BCUT2D eigenvalue weighted by Crippen LogP contribution is 2.24. The highest BCUT2D eigenvalue weighted by Gasteiger charge is 2.30. The standard InChI is InChI=1S/C17H24N6O2/c1-20-6-4-18-15(20)12-22-5-3-13-14(11-22)21(2)19-16(13)17(24)23-7-9-25-10-8-23/h4,6H,3,5,7-12H2,1-2H3. The largest absolute Gasteiger partial charge is 0.378 e. The van der Waals surface area contributed by atoms with Crippen molar-refractivity contribution in [2.45, 2.75) is 19.5 Å². The lowest BCUT2D eigenvalue weighted by atomic mass is 10.0. The number of amides is 1. The molecule has 1 fully saturated rings. The maximum absolute atomic E-state index is 12.8. The van der Waals surface area contributed by atoms with Crippen molar-refractivity contribution in [1.82, 2.24) is 29.1 Å². The lowest BCUT2D eigenvalue weighted by molar-refractivity contribution is 0.0297. The number of fused-ring (bicyclic) bond motifs is 1. The summed E-state index contributed by atoms with van der Waals surface area (Å²) in [6, 6.07) is 0. The molecule has 0 unspecified atom stereocenters. The number of rotatable bonds is 3. The van der Waals surface area contributed by atoms with Crippen molar-refractivity contribution in [1.29, 1.82) is 0 Å². The van der Waals surface area contributed by atoms with Crippen LogP contribution in [-0.4, -0.2) is 67.9 Å². The molecule has 8 nitrogen and oxygen atoms in total. The highest BCUT2D eigenvalue weighted by atomic mass is 16.5. The van der Waals surface area contributed by atoms with Crippen molar-refractivity contribution in [3.05, 3.63) is 35.2 Å². The first kappa shape index (κ1) is 16.3. The maximum Gasteiger partial charge on any atom is 0.274 e. The van der Waals surface area contributed by atoms with Crippen LogP contribution in [0.2, 0.25) is 0 Å². The third kappa shape index (κ3) is 3.07. The Morgan fingerprint density at radius 2 is 2.04 bits per heavy atom. The normalized spacial score (nSPS) is 18.4. The molecule has 4 rings (SSSR count). The second-order valence-electron chi connectivity index (χ2n) is 6.72. The first-order valence-electron chi connectivity index (χ1n) is 8.74. The Bertz CT molecular complexity index is 774. The van der Waals surface area contributed by atoms with Crippen LogP contribution in [0.4, 0.5) is 0 Å². The molecule has 2 aliphatic rings. The summed E-state index contributed by atoms with van der Waals surface area (Å²) in [6.07, 6.45) is 4.64. The van der Waals surface area contributed by atoms with E-state index in [4.69, 9.17) is 4.74 Å². The SMILES string of the molecule is Cn1ccnc1CN1CCc2c(C(=O)N3CCOCC3)nn(C)c2C1. The van der Waals surface area contributed by atoms with Crippen LogP contribution in [0.25, 0.3) is 0 Å². The van der Waals surface area contributed by atoms with E-state index in [9.17, 15) is 4.79 Å². The van der Waals surface area contributed by atoms with Gasteiger partial charge in [0.05, 0.1) is 25.5 Å². The molecule has 8 heteroatoms. The zero-order chi connectivity index (χ0) is 17.4. The number of morpholine rings is 1. The maximum atomic E-state index is 12.8. The number of nitrogens with zero attached hydrogens (tertiary/aromatic N) is 6. The summed E-state index contributed by atoms with van der Waals surface area (Å²) in [4.78, 5) is 21.5. The highest BCUT2D eigenvalue weighted by molar-refractivity contribution is 5.94. The minimum atomic E-state index is 0.0395. The summed E-state index contributed by atoms with van der Waals surface area (Å²) >= 11 is 0. The molecule has 134 valence electrons. The van der Waals surface area contributed by atoms with Crippen molar-refractivity contribution in [2.75, 3.05) is 32.8 Å². The van der Waals surface area contributed by atoms with Gasteiger partial charge in [-0.2, -0.15) is 5.10 Å². The molecule has 0 N–H and O–H groups in total. The van der Waals surface area contributed by atoms with Gasteiger partial charge >= 0.3 is 0 Å². The molecular weight excluding hydrogens is 320 g/mol. The van der Waals surface area contributed by atoms with Crippen molar-refractivity contribution in [3.63, 3.8) is 0 Å². The summed E-state index contributed by atoms with van der Waals surface area (Å²) in [6.45, 7) is 5.03. The predicted octanol–water partition coefficient (Wildman–Crippen LogP) is 0.184. The average Bonchev–Trinajstić information content (AvgIpc) is 3.19. The monoisotopic (exact) mass is 344 g/mol. The van der Waals surface area contributed by atoms with Gasteiger partial charge in [0.2, 0.25) is 0 Å². The summed E-state index contributed by atoms with van der Waals surface area (Å²) in [7, 11) is 3.94. The Labute approximate surface area is 147 Å². The number of aryl methyl sites for hydroxylation is 2. The minimum Gasteiger partial charge on any atom is -0.378 e. The number of carbonyl (C=O) groups excluding carboxylic acids is 1. The average molecular weight is 344 g/mol. The Hall–Kier alpha value is -2.19. The van der Waals surface area contributed by atoms with Crippen molar-refractivity contribution < 1.29 is 9.53 Å². The van der Waals surface area contributed by atoms with Crippen LogP contribution in [0.5, 0.6) is 0 Å².